The van der Waals surface area contributed by atoms with Crippen LogP contribution < -0.4 is 10.6 Å². The minimum atomic E-state index is 0.132. The van der Waals surface area contributed by atoms with E-state index in [1.807, 2.05) is 36.9 Å². The number of hydrogen-bond donors (Lipinski definition) is 1. The van der Waals surface area contributed by atoms with Gasteiger partial charge in [-0.05, 0) is 38.1 Å². The quantitative estimate of drug-likeness (QED) is 0.878. The van der Waals surface area contributed by atoms with Crippen molar-refractivity contribution in [2.45, 2.75) is 26.3 Å². The van der Waals surface area contributed by atoms with Crippen molar-refractivity contribution in [2.75, 3.05) is 11.4 Å². The second kappa shape index (κ2) is 4.67. The van der Waals surface area contributed by atoms with E-state index >= 15 is 0 Å². The van der Waals surface area contributed by atoms with E-state index in [2.05, 4.69) is 0 Å². The van der Waals surface area contributed by atoms with Gasteiger partial charge in [-0.3, -0.25) is 4.79 Å². The van der Waals surface area contributed by atoms with Crippen molar-refractivity contribution in [3.63, 3.8) is 0 Å². The first-order valence-corrected chi connectivity index (χ1v) is 6.20. The summed E-state index contributed by atoms with van der Waals surface area (Å²) < 4.78 is 0. The Balaban J connectivity index is 2.33. The Kier molecular flexibility index (Phi) is 3.40. The molecule has 1 aromatic carbocycles. The maximum Gasteiger partial charge on any atom is 0.227 e. The molecule has 1 fully saturated rings. The first-order valence-electron chi connectivity index (χ1n) is 5.83. The Morgan fingerprint density at radius 3 is 2.76 bits per heavy atom. The summed E-state index contributed by atoms with van der Waals surface area (Å²) in [4.78, 5) is 13.8. The Hall–Kier alpha value is -1.06. The number of aryl methyl sites for hydroxylation is 1. The average Bonchev–Trinajstić information content (AvgIpc) is 2.58. The number of carbonyl (C=O) groups is 1. The lowest BCUT2D eigenvalue weighted by Crippen LogP contribution is -2.34. The maximum atomic E-state index is 12.0. The Morgan fingerprint density at radius 1 is 1.53 bits per heavy atom. The summed E-state index contributed by atoms with van der Waals surface area (Å²) in [5.74, 6) is 0.371. The molecule has 3 nitrogen and oxygen atoms in total. The van der Waals surface area contributed by atoms with E-state index in [4.69, 9.17) is 17.3 Å². The molecule has 2 unspecified atom stereocenters. The lowest BCUT2D eigenvalue weighted by molar-refractivity contribution is -0.117. The second-order valence-electron chi connectivity index (χ2n) is 4.64. The molecule has 0 aromatic heterocycles. The molecule has 0 saturated carbocycles. The van der Waals surface area contributed by atoms with Crippen LogP contribution in [-0.2, 0) is 4.79 Å². The summed E-state index contributed by atoms with van der Waals surface area (Å²) in [6.07, 6.45) is 0.531. The van der Waals surface area contributed by atoms with Crippen molar-refractivity contribution in [1.82, 2.24) is 0 Å². The predicted molar refractivity (Wildman–Crippen MR) is 70.3 cm³/mol. The van der Waals surface area contributed by atoms with Crippen LogP contribution >= 0.6 is 11.6 Å². The van der Waals surface area contributed by atoms with Gasteiger partial charge in [0.25, 0.3) is 0 Å². The topological polar surface area (TPSA) is 46.3 Å². The van der Waals surface area contributed by atoms with E-state index < -0.39 is 0 Å². The van der Waals surface area contributed by atoms with Crippen molar-refractivity contribution < 1.29 is 4.79 Å². The van der Waals surface area contributed by atoms with Crippen LogP contribution in [-0.4, -0.2) is 18.5 Å². The third kappa shape index (κ3) is 2.17. The number of nitrogens with zero attached hydrogens (tertiary/aromatic N) is 1. The molecule has 1 aliphatic rings. The number of nitrogens with two attached hydrogens (primary N) is 1. The van der Waals surface area contributed by atoms with Crippen LogP contribution in [0.1, 0.15) is 18.9 Å². The largest absolute Gasteiger partial charge is 0.330 e. The molecular weight excluding hydrogens is 236 g/mol. The molecule has 1 saturated heterocycles. The van der Waals surface area contributed by atoms with Gasteiger partial charge in [0.05, 0.1) is 0 Å². The Labute approximate surface area is 107 Å². The highest BCUT2D eigenvalue weighted by atomic mass is 35.5. The van der Waals surface area contributed by atoms with Crippen LogP contribution in [0.15, 0.2) is 18.2 Å². The number of hydrogen-bond acceptors (Lipinski definition) is 2. The highest BCUT2D eigenvalue weighted by Crippen LogP contribution is 2.32. The maximum absolute atomic E-state index is 12.0. The van der Waals surface area contributed by atoms with Crippen molar-refractivity contribution >= 4 is 23.2 Å². The Morgan fingerprint density at radius 2 is 2.24 bits per heavy atom. The standard InChI is InChI=1S/C13H17ClN2O/c1-8-3-4-11(6-12(8)14)16-9(2)10(7-15)5-13(16)17/h3-4,6,9-10H,5,7,15H2,1-2H3. The molecule has 1 amide bonds. The molecule has 0 bridgehead atoms. The molecule has 2 rings (SSSR count). The molecule has 1 aromatic rings. The summed E-state index contributed by atoms with van der Waals surface area (Å²) in [5.41, 5.74) is 7.56. The van der Waals surface area contributed by atoms with Gasteiger partial charge in [0.2, 0.25) is 5.91 Å². The fraction of sp³-hybridized carbons (Fsp3) is 0.462. The van der Waals surface area contributed by atoms with Gasteiger partial charge >= 0.3 is 0 Å². The highest BCUT2D eigenvalue weighted by molar-refractivity contribution is 6.31. The monoisotopic (exact) mass is 252 g/mol. The molecule has 17 heavy (non-hydrogen) atoms. The molecule has 0 radical (unpaired) electrons. The molecule has 0 spiro atoms. The van der Waals surface area contributed by atoms with E-state index in [1.165, 1.54) is 0 Å². The van der Waals surface area contributed by atoms with Gasteiger partial charge in [0, 0.05) is 29.1 Å². The minimum absolute atomic E-state index is 0.132. The fourth-order valence-corrected chi connectivity index (χ4v) is 2.50. The van der Waals surface area contributed by atoms with Gasteiger partial charge in [-0.15, -0.1) is 0 Å². The first kappa shape index (κ1) is 12.4. The Bertz CT molecular complexity index is 447. The molecule has 0 aliphatic carbocycles. The van der Waals surface area contributed by atoms with E-state index in [0.717, 1.165) is 11.3 Å². The number of rotatable bonds is 2. The van der Waals surface area contributed by atoms with Crippen molar-refractivity contribution in [2.24, 2.45) is 11.7 Å². The molecule has 1 heterocycles. The van der Waals surface area contributed by atoms with Crippen LogP contribution in [0.5, 0.6) is 0 Å². The first-order chi connectivity index (χ1) is 8.04. The lowest BCUT2D eigenvalue weighted by atomic mass is 10.0. The molecule has 92 valence electrons. The zero-order valence-corrected chi connectivity index (χ0v) is 10.9. The second-order valence-corrected chi connectivity index (χ2v) is 5.04. The van der Waals surface area contributed by atoms with Crippen LogP contribution in [0, 0.1) is 12.8 Å². The SMILES string of the molecule is Cc1ccc(N2C(=O)CC(CN)C2C)cc1Cl. The van der Waals surface area contributed by atoms with Crippen LogP contribution in [0.3, 0.4) is 0 Å². The molecule has 1 aliphatic heterocycles. The van der Waals surface area contributed by atoms with E-state index in [-0.39, 0.29) is 17.9 Å². The molecule has 4 heteroatoms. The molecule has 2 atom stereocenters. The van der Waals surface area contributed by atoms with Crippen LogP contribution in [0.25, 0.3) is 0 Å². The van der Waals surface area contributed by atoms with Gasteiger partial charge < -0.3 is 10.6 Å². The normalized spacial score (nSPS) is 24.5. The molecular formula is C13H17ClN2O. The van der Waals surface area contributed by atoms with Gasteiger partial charge in [-0.2, -0.15) is 0 Å². The van der Waals surface area contributed by atoms with Crippen LogP contribution in [0.4, 0.5) is 5.69 Å². The fourth-order valence-electron chi connectivity index (χ4n) is 2.32. The van der Waals surface area contributed by atoms with Crippen LogP contribution in [0.2, 0.25) is 5.02 Å². The summed E-state index contributed by atoms with van der Waals surface area (Å²) >= 11 is 6.10. The number of benzene rings is 1. The van der Waals surface area contributed by atoms with E-state index in [0.29, 0.717) is 18.0 Å². The van der Waals surface area contributed by atoms with Crippen molar-refractivity contribution in [3.05, 3.63) is 28.8 Å². The third-order valence-electron chi connectivity index (χ3n) is 3.53. The average molecular weight is 253 g/mol. The van der Waals surface area contributed by atoms with Gasteiger partial charge in [-0.25, -0.2) is 0 Å². The summed E-state index contributed by atoms with van der Waals surface area (Å²) in [6.45, 7) is 4.53. The lowest BCUT2D eigenvalue weighted by Gasteiger charge is -2.24. The van der Waals surface area contributed by atoms with E-state index in [1.54, 1.807) is 0 Å². The third-order valence-corrected chi connectivity index (χ3v) is 3.94. The highest BCUT2D eigenvalue weighted by Gasteiger charge is 2.36. The minimum Gasteiger partial charge on any atom is -0.330 e. The van der Waals surface area contributed by atoms with E-state index in [9.17, 15) is 4.79 Å². The zero-order chi connectivity index (χ0) is 12.6. The smallest absolute Gasteiger partial charge is 0.227 e. The van der Waals surface area contributed by atoms with Crippen molar-refractivity contribution in [1.29, 1.82) is 0 Å². The van der Waals surface area contributed by atoms with Crippen molar-refractivity contribution in [3.8, 4) is 0 Å². The summed E-state index contributed by atoms with van der Waals surface area (Å²) in [6, 6.07) is 5.87. The number of amides is 1. The zero-order valence-electron chi connectivity index (χ0n) is 10.1. The number of carbonyl (C=O) groups excluding carboxylic acids is 1. The predicted octanol–water partition coefficient (Wildman–Crippen LogP) is 2.35. The van der Waals surface area contributed by atoms with Gasteiger partial charge in [-0.1, -0.05) is 17.7 Å². The summed E-state index contributed by atoms with van der Waals surface area (Å²) in [7, 11) is 0. The van der Waals surface area contributed by atoms with Gasteiger partial charge in [0.1, 0.15) is 0 Å². The molecule has 2 N–H and O–H groups in total. The van der Waals surface area contributed by atoms with Gasteiger partial charge in [0.15, 0.2) is 0 Å². The number of halogens is 1. The summed E-state index contributed by atoms with van der Waals surface area (Å²) in [5, 5.41) is 0.693. The number of anilines is 1.